The van der Waals surface area contributed by atoms with Crippen molar-refractivity contribution in [3.05, 3.63) is 48.5 Å². The number of amides is 2. The highest BCUT2D eigenvalue weighted by atomic mass is 32.1. The molecule has 0 aliphatic heterocycles. The van der Waals surface area contributed by atoms with Gasteiger partial charge >= 0.3 is 6.03 Å². The van der Waals surface area contributed by atoms with Crippen molar-refractivity contribution in [1.29, 1.82) is 0 Å². The molecule has 0 atom stereocenters. The molecule has 0 saturated heterocycles. The molecule has 134 valence electrons. The number of benzene rings is 2. The quantitative estimate of drug-likeness (QED) is 0.677. The highest BCUT2D eigenvalue weighted by Gasteiger charge is 2.10. The average Bonchev–Trinajstić information content (AvgIpc) is 3.11. The van der Waals surface area contributed by atoms with E-state index in [0.29, 0.717) is 22.4 Å². The normalized spacial score (nSPS) is 10.2. The molecule has 0 unspecified atom stereocenters. The second-order valence-corrected chi connectivity index (χ2v) is 6.15. The molecule has 0 aliphatic rings. The summed E-state index contributed by atoms with van der Waals surface area (Å²) in [4.78, 5) is 12.1. The predicted molar refractivity (Wildman–Crippen MR) is 102 cm³/mol. The monoisotopic (exact) mass is 370 g/mol. The van der Waals surface area contributed by atoms with Gasteiger partial charge < -0.3 is 14.8 Å². The van der Waals surface area contributed by atoms with E-state index < -0.39 is 0 Å². The van der Waals surface area contributed by atoms with Gasteiger partial charge in [-0.3, -0.25) is 5.32 Å². The summed E-state index contributed by atoms with van der Waals surface area (Å²) >= 11 is 1.30. The Hall–Kier alpha value is -3.13. The minimum absolute atomic E-state index is 0.385. The summed E-state index contributed by atoms with van der Waals surface area (Å²) in [7, 11) is 1.59. The molecule has 0 radical (unpaired) electrons. The number of methoxy groups -OCH3 is 1. The number of hydrogen-bond donors (Lipinski definition) is 2. The molecule has 0 bridgehead atoms. The number of nitrogens with one attached hydrogen (secondary N) is 2. The standard InChI is InChI=1S/C18H18N4O3S/c1-3-25-15-8-4-12(5-9-15)16-21-22-18(26-16)20-17(23)19-13-6-10-14(24-2)11-7-13/h4-11H,3H2,1-2H3,(H2,19,20,22,23). The van der Waals surface area contributed by atoms with Crippen LogP contribution < -0.4 is 20.1 Å². The first kappa shape index (κ1) is 17.7. The van der Waals surface area contributed by atoms with E-state index in [0.717, 1.165) is 17.1 Å². The lowest BCUT2D eigenvalue weighted by Gasteiger charge is -2.06. The van der Waals surface area contributed by atoms with Crippen LogP contribution in [-0.2, 0) is 0 Å². The van der Waals surface area contributed by atoms with E-state index in [1.165, 1.54) is 11.3 Å². The topological polar surface area (TPSA) is 85.4 Å². The lowest BCUT2D eigenvalue weighted by molar-refractivity contribution is 0.262. The molecule has 0 spiro atoms. The fourth-order valence-electron chi connectivity index (χ4n) is 2.18. The smallest absolute Gasteiger partial charge is 0.325 e. The van der Waals surface area contributed by atoms with Crippen LogP contribution in [0.4, 0.5) is 15.6 Å². The second kappa shape index (κ2) is 8.30. The zero-order chi connectivity index (χ0) is 18.4. The number of ether oxygens (including phenoxy) is 2. The number of anilines is 2. The van der Waals surface area contributed by atoms with Crippen LogP contribution in [-0.4, -0.2) is 29.9 Å². The van der Waals surface area contributed by atoms with E-state index in [1.54, 1.807) is 31.4 Å². The number of hydrogen-bond acceptors (Lipinski definition) is 6. The van der Waals surface area contributed by atoms with Crippen molar-refractivity contribution in [3.63, 3.8) is 0 Å². The largest absolute Gasteiger partial charge is 0.497 e. The van der Waals surface area contributed by atoms with Crippen LogP contribution in [0.1, 0.15) is 6.92 Å². The fourth-order valence-corrected chi connectivity index (χ4v) is 2.93. The first-order valence-electron chi connectivity index (χ1n) is 7.96. The van der Waals surface area contributed by atoms with Gasteiger partial charge in [0.2, 0.25) is 5.13 Å². The van der Waals surface area contributed by atoms with Crippen molar-refractivity contribution < 1.29 is 14.3 Å². The maximum absolute atomic E-state index is 12.1. The van der Waals surface area contributed by atoms with E-state index in [9.17, 15) is 4.79 Å². The van der Waals surface area contributed by atoms with Gasteiger partial charge in [-0.2, -0.15) is 0 Å². The molecule has 2 N–H and O–H groups in total. The first-order valence-corrected chi connectivity index (χ1v) is 8.78. The van der Waals surface area contributed by atoms with Crippen LogP contribution in [0.2, 0.25) is 0 Å². The van der Waals surface area contributed by atoms with Crippen molar-refractivity contribution in [1.82, 2.24) is 10.2 Å². The van der Waals surface area contributed by atoms with E-state index in [2.05, 4.69) is 20.8 Å². The predicted octanol–water partition coefficient (Wildman–Crippen LogP) is 4.26. The summed E-state index contributed by atoms with van der Waals surface area (Å²) in [6.45, 7) is 2.56. The lowest BCUT2D eigenvalue weighted by atomic mass is 10.2. The molecule has 8 heteroatoms. The third-order valence-corrected chi connectivity index (χ3v) is 4.29. The Kier molecular flexibility index (Phi) is 5.65. The van der Waals surface area contributed by atoms with Crippen LogP contribution in [0, 0.1) is 0 Å². The molecule has 3 aromatic rings. The van der Waals surface area contributed by atoms with E-state index in [4.69, 9.17) is 9.47 Å². The molecule has 26 heavy (non-hydrogen) atoms. The number of urea groups is 1. The summed E-state index contributed by atoms with van der Waals surface area (Å²) < 4.78 is 10.5. The zero-order valence-electron chi connectivity index (χ0n) is 14.4. The molecule has 3 rings (SSSR count). The Morgan fingerprint density at radius 1 is 1.00 bits per heavy atom. The number of nitrogens with zero attached hydrogens (tertiary/aromatic N) is 2. The SMILES string of the molecule is CCOc1ccc(-c2nnc(NC(=O)Nc3ccc(OC)cc3)s2)cc1. The Labute approximate surface area is 155 Å². The number of aromatic nitrogens is 2. The van der Waals surface area contributed by atoms with Gasteiger partial charge in [0.15, 0.2) is 0 Å². The second-order valence-electron chi connectivity index (χ2n) is 5.18. The molecule has 0 saturated carbocycles. The van der Waals surface area contributed by atoms with Crippen LogP contribution in [0.5, 0.6) is 11.5 Å². The summed E-state index contributed by atoms with van der Waals surface area (Å²) in [6.07, 6.45) is 0. The Morgan fingerprint density at radius 3 is 2.35 bits per heavy atom. The first-order chi connectivity index (χ1) is 12.7. The Morgan fingerprint density at radius 2 is 1.69 bits per heavy atom. The molecule has 7 nitrogen and oxygen atoms in total. The summed E-state index contributed by atoms with van der Waals surface area (Å²) in [6, 6.07) is 14.2. The van der Waals surface area contributed by atoms with Crippen LogP contribution in [0.15, 0.2) is 48.5 Å². The molecule has 2 amide bonds. The number of carbonyl (C=O) groups excluding carboxylic acids is 1. The third kappa shape index (κ3) is 4.48. The molecular weight excluding hydrogens is 352 g/mol. The van der Waals surface area contributed by atoms with Crippen LogP contribution in [0.3, 0.4) is 0 Å². The van der Waals surface area contributed by atoms with Gasteiger partial charge in [-0.05, 0) is 55.5 Å². The van der Waals surface area contributed by atoms with Gasteiger partial charge in [0.05, 0.1) is 13.7 Å². The fraction of sp³-hybridized carbons (Fsp3) is 0.167. The zero-order valence-corrected chi connectivity index (χ0v) is 15.2. The van der Waals surface area contributed by atoms with Gasteiger partial charge in [-0.25, -0.2) is 4.79 Å². The van der Waals surface area contributed by atoms with Crippen LogP contribution in [0.25, 0.3) is 10.6 Å². The van der Waals surface area contributed by atoms with Crippen molar-refractivity contribution in [2.45, 2.75) is 6.92 Å². The van der Waals surface area contributed by atoms with Crippen LogP contribution >= 0.6 is 11.3 Å². The van der Waals surface area contributed by atoms with E-state index in [1.807, 2.05) is 31.2 Å². The summed E-state index contributed by atoms with van der Waals surface area (Å²) in [5.74, 6) is 1.53. The van der Waals surface area contributed by atoms with E-state index >= 15 is 0 Å². The Balaban J connectivity index is 1.61. The van der Waals surface area contributed by atoms with E-state index in [-0.39, 0.29) is 6.03 Å². The molecule has 2 aromatic carbocycles. The maximum Gasteiger partial charge on any atom is 0.325 e. The Bertz CT molecular complexity index is 863. The molecule has 0 aliphatic carbocycles. The summed E-state index contributed by atoms with van der Waals surface area (Å²) in [5, 5.41) is 14.7. The molecular formula is C18H18N4O3S. The van der Waals surface area contributed by atoms with Crippen molar-refractivity contribution in [3.8, 4) is 22.1 Å². The third-order valence-electron chi connectivity index (χ3n) is 3.41. The van der Waals surface area contributed by atoms with Crippen molar-refractivity contribution >= 4 is 28.2 Å². The highest BCUT2D eigenvalue weighted by molar-refractivity contribution is 7.18. The average molecular weight is 370 g/mol. The van der Waals surface area contributed by atoms with Gasteiger partial charge in [0, 0.05) is 11.3 Å². The van der Waals surface area contributed by atoms with Gasteiger partial charge in [-0.1, -0.05) is 11.3 Å². The number of carbonyl (C=O) groups is 1. The van der Waals surface area contributed by atoms with Gasteiger partial charge in [0.25, 0.3) is 0 Å². The lowest BCUT2D eigenvalue weighted by Crippen LogP contribution is -2.19. The molecule has 1 heterocycles. The highest BCUT2D eigenvalue weighted by Crippen LogP contribution is 2.28. The van der Waals surface area contributed by atoms with Crippen molar-refractivity contribution in [2.75, 3.05) is 24.4 Å². The van der Waals surface area contributed by atoms with Crippen molar-refractivity contribution in [2.24, 2.45) is 0 Å². The summed E-state index contributed by atoms with van der Waals surface area (Å²) in [5.41, 5.74) is 1.56. The molecule has 0 fully saturated rings. The number of rotatable bonds is 6. The minimum Gasteiger partial charge on any atom is -0.497 e. The van der Waals surface area contributed by atoms with Gasteiger partial charge in [-0.15, -0.1) is 10.2 Å². The maximum atomic E-state index is 12.1. The minimum atomic E-state index is -0.385. The van der Waals surface area contributed by atoms with Gasteiger partial charge in [0.1, 0.15) is 16.5 Å². The molecule has 1 aromatic heterocycles.